The zero-order valence-corrected chi connectivity index (χ0v) is 12.1. The van der Waals surface area contributed by atoms with Gasteiger partial charge in [-0.25, -0.2) is 0 Å². The van der Waals surface area contributed by atoms with E-state index in [1.165, 1.54) is 0 Å². The Kier molecular flexibility index (Phi) is 3.37. The average Bonchev–Trinajstić information content (AvgIpc) is 2.90. The summed E-state index contributed by atoms with van der Waals surface area (Å²) in [5, 5.41) is 44.5. The lowest BCUT2D eigenvalue weighted by atomic mass is 10.0. The highest BCUT2D eigenvalue weighted by molar-refractivity contribution is 5.91. The van der Waals surface area contributed by atoms with Gasteiger partial charge in [0, 0.05) is 12.1 Å². The van der Waals surface area contributed by atoms with Crippen molar-refractivity contribution in [3.05, 3.63) is 75.8 Å². The van der Waals surface area contributed by atoms with E-state index in [9.17, 15) is 40.5 Å². The van der Waals surface area contributed by atoms with Crippen LogP contribution in [0, 0.1) is 40.5 Å². The Hall–Kier alpha value is -3.96. The first-order valence-electron chi connectivity index (χ1n) is 6.62. The maximum Gasteiger partial charge on any atom is 0.284 e. The zero-order chi connectivity index (χ0) is 18.5. The van der Waals surface area contributed by atoms with E-state index in [4.69, 9.17) is 0 Å². The van der Waals surface area contributed by atoms with Crippen LogP contribution in [0.25, 0.3) is 11.1 Å². The molecule has 0 saturated heterocycles. The molecule has 0 fully saturated rings. The topological polar surface area (TPSA) is 173 Å². The number of hydrogen-bond acceptors (Lipinski definition) is 8. The molecule has 3 rings (SSSR count). The number of nitro benzene ring substituents is 4. The van der Waals surface area contributed by atoms with E-state index in [2.05, 4.69) is 0 Å². The molecule has 0 amide bonds. The zero-order valence-electron chi connectivity index (χ0n) is 12.1. The molecule has 12 nitrogen and oxygen atoms in total. The quantitative estimate of drug-likeness (QED) is 0.512. The van der Waals surface area contributed by atoms with Crippen molar-refractivity contribution in [2.24, 2.45) is 0 Å². The highest BCUT2D eigenvalue weighted by Gasteiger charge is 2.37. The van der Waals surface area contributed by atoms with E-state index in [-0.39, 0.29) is 28.7 Å². The SMILES string of the molecule is O=[N+]([O-])c1cc2c(c([N+](=O)[O-])c1)-c1c(cc([N+](=O)[O-])cc1[N+](=O)[O-])C2. The summed E-state index contributed by atoms with van der Waals surface area (Å²) in [7, 11) is 0. The summed E-state index contributed by atoms with van der Waals surface area (Å²) in [6.07, 6.45) is -0.115. The standard InChI is InChI=1S/C13H6N4O8/c18-14(19)8-2-6-1-7-3-9(15(20)21)5-11(17(24)25)13(7)12(6)10(4-8)16(22)23/h2-5H,1H2. The van der Waals surface area contributed by atoms with Crippen LogP contribution >= 0.6 is 0 Å². The van der Waals surface area contributed by atoms with Gasteiger partial charge in [-0.1, -0.05) is 0 Å². The second-order valence-electron chi connectivity index (χ2n) is 5.20. The van der Waals surface area contributed by atoms with Gasteiger partial charge in [0.15, 0.2) is 0 Å². The van der Waals surface area contributed by atoms with Gasteiger partial charge in [-0.15, -0.1) is 0 Å². The molecular weight excluding hydrogens is 340 g/mol. The van der Waals surface area contributed by atoms with Crippen LogP contribution in [-0.2, 0) is 6.42 Å². The van der Waals surface area contributed by atoms with Crippen molar-refractivity contribution in [3.63, 3.8) is 0 Å². The van der Waals surface area contributed by atoms with Gasteiger partial charge < -0.3 is 0 Å². The van der Waals surface area contributed by atoms with Crippen LogP contribution in [-0.4, -0.2) is 19.7 Å². The van der Waals surface area contributed by atoms with Gasteiger partial charge in [0.05, 0.1) is 43.0 Å². The van der Waals surface area contributed by atoms with Gasteiger partial charge in [0.2, 0.25) is 0 Å². The van der Waals surface area contributed by atoms with E-state index in [0.717, 1.165) is 24.3 Å². The third-order valence-electron chi connectivity index (χ3n) is 3.81. The largest absolute Gasteiger partial charge is 0.284 e. The molecule has 0 aliphatic heterocycles. The summed E-state index contributed by atoms with van der Waals surface area (Å²) in [5.74, 6) is 0. The molecule has 12 heteroatoms. The number of rotatable bonds is 4. The van der Waals surface area contributed by atoms with Crippen molar-refractivity contribution in [3.8, 4) is 11.1 Å². The van der Waals surface area contributed by atoms with Crippen molar-refractivity contribution in [1.29, 1.82) is 0 Å². The van der Waals surface area contributed by atoms with Gasteiger partial charge in [-0.2, -0.15) is 0 Å². The minimum Gasteiger partial charge on any atom is -0.258 e. The van der Waals surface area contributed by atoms with Crippen LogP contribution in [0.1, 0.15) is 11.1 Å². The Morgan fingerprint density at radius 1 is 0.600 bits per heavy atom. The summed E-state index contributed by atoms with van der Waals surface area (Å²) in [6.45, 7) is 0. The van der Waals surface area contributed by atoms with E-state index in [1.807, 2.05) is 0 Å². The van der Waals surface area contributed by atoms with Gasteiger partial charge in [0.1, 0.15) is 0 Å². The minimum absolute atomic E-state index is 0.115. The first-order valence-corrected chi connectivity index (χ1v) is 6.62. The molecule has 0 radical (unpaired) electrons. The van der Waals surface area contributed by atoms with Gasteiger partial charge in [-0.05, 0) is 17.5 Å². The molecule has 0 N–H and O–H groups in total. The lowest BCUT2D eigenvalue weighted by Crippen LogP contribution is -1.99. The Bertz CT molecular complexity index is 921. The molecule has 0 atom stereocenters. The van der Waals surface area contributed by atoms with Crippen LogP contribution in [0.4, 0.5) is 22.7 Å². The van der Waals surface area contributed by atoms with Crippen LogP contribution in [0.3, 0.4) is 0 Å². The van der Waals surface area contributed by atoms with Gasteiger partial charge in [0.25, 0.3) is 22.7 Å². The molecule has 1 aliphatic rings. The molecule has 0 aromatic heterocycles. The lowest BCUT2D eigenvalue weighted by Gasteiger charge is -2.04. The number of non-ortho nitro benzene ring substituents is 2. The van der Waals surface area contributed by atoms with Gasteiger partial charge >= 0.3 is 0 Å². The van der Waals surface area contributed by atoms with Crippen molar-refractivity contribution in [1.82, 2.24) is 0 Å². The molecule has 1 aliphatic carbocycles. The molecule has 126 valence electrons. The fraction of sp³-hybridized carbons (Fsp3) is 0.0769. The van der Waals surface area contributed by atoms with Crippen LogP contribution in [0.15, 0.2) is 24.3 Å². The highest BCUT2D eigenvalue weighted by Crippen LogP contribution is 2.49. The van der Waals surface area contributed by atoms with E-state index in [0.29, 0.717) is 0 Å². The summed E-state index contributed by atoms with van der Waals surface area (Å²) < 4.78 is 0. The predicted molar refractivity (Wildman–Crippen MR) is 81.3 cm³/mol. The molecule has 0 unspecified atom stereocenters. The van der Waals surface area contributed by atoms with E-state index >= 15 is 0 Å². The Morgan fingerprint density at radius 3 is 1.24 bits per heavy atom. The van der Waals surface area contributed by atoms with Crippen LogP contribution in [0.5, 0.6) is 0 Å². The number of nitro groups is 4. The summed E-state index contributed by atoms with van der Waals surface area (Å²) in [4.78, 5) is 41.2. The molecule has 25 heavy (non-hydrogen) atoms. The monoisotopic (exact) mass is 346 g/mol. The molecule has 2 aromatic carbocycles. The Morgan fingerprint density at radius 2 is 0.960 bits per heavy atom. The van der Waals surface area contributed by atoms with Crippen molar-refractivity contribution >= 4 is 22.7 Å². The first-order chi connectivity index (χ1) is 11.7. The van der Waals surface area contributed by atoms with Crippen molar-refractivity contribution in [2.45, 2.75) is 6.42 Å². The number of hydrogen-bond donors (Lipinski definition) is 0. The average molecular weight is 346 g/mol. The van der Waals surface area contributed by atoms with E-state index < -0.39 is 42.4 Å². The normalized spacial score (nSPS) is 11.5. The molecule has 0 saturated carbocycles. The number of fused-ring (bicyclic) bond motifs is 3. The summed E-state index contributed by atoms with van der Waals surface area (Å²) >= 11 is 0. The van der Waals surface area contributed by atoms with Crippen LogP contribution in [0.2, 0.25) is 0 Å². The molecule has 0 bridgehead atoms. The van der Waals surface area contributed by atoms with Crippen molar-refractivity contribution < 1.29 is 19.7 Å². The molecule has 0 spiro atoms. The maximum absolute atomic E-state index is 11.3. The predicted octanol–water partition coefficient (Wildman–Crippen LogP) is 2.89. The number of nitrogens with zero attached hydrogens (tertiary/aromatic N) is 4. The molecule has 0 heterocycles. The second-order valence-corrected chi connectivity index (χ2v) is 5.20. The number of benzene rings is 2. The lowest BCUT2D eigenvalue weighted by molar-refractivity contribution is -0.395. The second kappa shape index (κ2) is 5.30. The summed E-state index contributed by atoms with van der Waals surface area (Å²) in [5.41, 5.74) is -2.33. The third kappa shape index (κ3) is 2.41. The van der Waals surface area contributed by atoms with Crippen molar-refractivity contribution in [2.75, 3.05) is 0 Å². The minimum atomic E-state index is -0.869. The fourth-order valence-electron chi connectivity index (χ4n) is 2.90. The molecule has 2 aromatic rings. The van der Waals surface area contributed by atoms with Crippen LogP contribution < -0.4 is 0 Å². The van der Waals surface area contributed by atoms with E-state index in [1.54, 1.807) is 0 Å². The van der Waals surface area contributed by atoms with Gasteiger partial charge in [-0.3, -0.25) is 40.5 Å². The smallest absolute Gasteiger partial charge is 0.258 e. The Balaban J connectivity index is 2.39. The maximum atomic E-state index is 11.3. The third-order valence-corrected chi connectivity index (χ3v) is 3.81. The first kappa shape index (κ1) is 15.9. The Labute approximate surface area is 136 Å². The highest BCUT2D eigenvalue weighted by atomic mass is 16.6. The molecular formula is C13H6N4O8. The summed E-state index contributed by atoms with van der Waals surface area (Å²) in [6, 6.07) is 3.61. The fourth-order valence-corrected chi connectivity index (χ4v) is 2.90.